The Balaban J connectivity index is 1.91. The van der Waals surface area contributed by atoms with Gasteiger partial charge in [-0.25, -0.2) is 0 Å². The highest BCUT2D eigenvalue weighted by Gasteiger charge is 2.11. The van der Waals surface area contributed by atoms with Gasteiger partial charge in [0.2, 0.25) is 0 Å². The van der Waals surface area contributed by atoms with Gasteiger partial charge in [0.25, 0.3) is 5.91 Å². The van der Waals surface area contributed by atoms with Crippen molar-refractivity contribution in [3.8, 4) is 11.5 Å². The first kappa shape index (κ1) is 19.1. The van der Waals surface area contributed by atoms with Crippen molar-refractivity contribution >= 4 is 27.5 Å². The van der Waals surface area contributed by atoms with E-state index in [-0.39, 0.29) is 12.5 Å². The molecule has 0 fully saturated rings. The summed E-state index contributed by atoms with van der Waals surface area (Å²) in [4.78, 5) is 12.1. The molecule has 0 saturated carbocycles. The predicted octanol–water partition coefficient (Wildman–Crippen LogP) is 5.15. The molecule has 0 heterocycles. The summed E-state index contributed by atoms with van der Waals surface area (Å²) in [5, 5.41) is 2.81. The zero-order chi connectivity index (χ0) is 18.2. The lowest BCUT2D eigenvalue weighted by Crippen LogP contribution is -2.20. The van der Waals surface area contributed by atoms with Crippen molar-refractivity contribution in [1.29, 1.82) is 0 Å². The normalized spacial score (nSPS) is 10.4. The molecule has 0 aliphatic carbocycles. The fourth-order valence-electron chi connectivity index (χ4n) is 2.23. The average molecular weight is 404 g/mol. The Morgan fingerprint density at radius 1 is 1.20 bits per heavy atom. The molecule has 2 aromatic carbocycles. The van der Waals surface area contributed by atoms with Crippen LogP contribution >= 0.6 is 15.9 Å². The molecule has 0 aromatic heterocycles. The predicted molar refractivity (Wildman–Crippen MR) is 104 cm³/mol. The Labute approximate surface area is 157 Å². The van der Waals surface area contributed by atoms with Crippen LogP contribution in [-0.2, 0) is 4.79 Å². The van der Waals surface area contributed by atoms with Crippen molar-refractivity contribution < 1.29 is 14.3 Å². The standard InChI is InChI=1S/C20H22BrNO3/c1-4-11-24-17-8-6-16(7-9-17)22-20(23)13-25-19-10-5-15(21)12-18(19)14(2)3/h4-10,12,14H,1,11,13H2,2-3H3,(H,22,23). The fourth-order valence-corrected chi connectivity index (χ4v) is 2.61. The zero-order valence-corrected chi connectivity index (χ0v) is 16.0. The molecule has 2 rings (SSSR count). The van der Waals surface area contributed by atoms with Gasteiger partial charge in [-0.05, 0) is 53.9 Å². The summed E-state index contributed by atoms with van der Waals surface area (Å²) in [5.41, 5.74) is 1.75. The van der Waals surface area contributed by atoms with E-state index in [0.717, 1.165) is 21.5 Å². The van der Waals surface area contributed by atoms with E-state index in [4.69, 9.17) is 9.47 Å². The lowest BCUT2D eigenvalue weighted by molar-refractivity contribution is -0.118. The van der Waals surface area contributed by atoms with E-state index in [9.17, 15) is 4.79 Å². The van der Waals surface area contributed by atoms with E-state index in [0.29, 0.717) is 18.2 Å². The Morgan fingerprint density at radius 3 is 2.56 bits per heavy atom. The van der Waals surface area contributed by atoms with Crippen LogP contribution in [0.15, 0.2) is 59.6 Å². The van der Waals surface area contributed by atoms with E-state index < -0.39 is 0 Å². The minimum absolute atomic E-state index is 0.0456. The molecule has 0 aliphatic heterocycles. The summed E-state index contributed by atoms with van der Waals surface area (Å²) in [5.74, 6) is 1.54. The van der Waals surface area contributed by atoms with Crippen molar-refractivity contribution in [2.45, 2.75) is 19.8 Å². The average Bonchev–Trinajstić information content (AvgIpc) is 2.60. The van der Waals surface area contributed by atoms with E-state index in [1.165, 1.54) is 0 Å². The molecule has 0 atom stereocenters. The topological polar surface area (TPSA) is 47.6 Å². The quantitative estimate of drug-likeness (QED) is 0.619. The maximum absolute atomic E-state index is 12.1. The molecule has 132 valence electrons. The number of carbonyl (C=O) groups excluding carboxylic acids is 1. The molecule has 1 amide bonds. The smallest absolute Gasteiger partial charge is 0.262 e. The van der Waals surface area contributed by atoms with Crippen LogP contribution < -0.4 is 14.8 Å². The third kappa shape index (κ3) is 5.94. The van der Waals surface area contributed by atoms with Crippen LogP contribution in [0.4, 0.5) is 5.69 Å². The first-order valence-corrected chi connectivity index (χ1v) is 8.84. The third-order valence-corrected chi connectivity index (χ3v) is 3.95. The van der Waals surface area contributed by atoms with Crippen LogP contribution in [0.5, 0.6) is 11.5 Å². The molecule has 4 nitrogen and oxygen atoms in total. The number of carbonyl (C=O) groups is 1. The highest BCUT2D eigenvalue weighted by molar-refractivity contribution is 9.10. The van der Waals surface area contributed by atoms with Gasteiger partial charge in [-0.1, -0.05) is 42.4 Å². The molecular weight excluding hydrogens is 382 g/mol. The van der Waals surface area contributed by atoms with Crippen LogP contribution in [-0.4, -0.2) is 19.1 Å². The summed E-state index contributed by atoms with van der Waals surface area (Å²) in [6.45, 7) is 8.18. The first-order valence-electron chi connectivity index (χ1n) is 8.05. The molecule has 0 saturated heterocycles. The Bertz CT molecular complexity index is 726. The Morgan fingerprint density at radius 2 is 1.92 bits per heavy atom. The zero-order valence-electron chi connectivity index (χ0n) is 14.4. The molecule has 0 aliphatic rings. The SMILES string of the molecule is C=CCOc1ccc(NC(=O)COc2ccc(Br)cc2C(C)C)cc1. The van der Waals surface area contributed by atoms with Gasteiger partial charge in [-0.2, -0.15) is 0 Å². The summed E-state index contributed by atoms with van der Waals surface area (Å²) in [6.07, 6.45) is 1.68. The van der Waals surface area contributed by atoms with Gasteiger partial charge in [0, 0.05) is 10.2 Å². The van der Waals surface area contributed by atoms with Gasteiger partial charge in [-0.15, -0.1) is 0 Å². The van der Waals surface area contributed by atoms with Gasteiger partial charge < -0.3 is 14.8 Å². The second kappa shape index (κ2) is 9.28. The van der Waals surface area contributed by atoms with Gasteiger partial charge in [0.05, 0.1) is 0 Å². The van der Waals surface area contributed by atoms with E-state index >= 15 is 0 Å². The van der Waals surface area contributed by atoms with Gasteiger partial charge in [-0.3, -0.25) is 4.79 Å². The lowest BCUT2D eigenvalue weighted by atomic mass is 10.0. The number of rotatable bonds is 8. The largest absolute Gasteiger partial charge is 0.490 e. The number of hydrogen-bond acceptors (Lipinski definition) is 3. The van der Waals surface area contributed by atoms with Crippen molar-refractivity contribution in [3.05, 3.63) is 65.2 Å². The first-order chi connectivity index (χ1) is 12.0. The number of hydrogen-bond donors (Lipinski definition) is 1. The van der Waals surface area contributed by atoms with Crippen molar-refractivity contribution in [2.75, 3.05) is 18.5 Å². The van der Waals surface area contributed by atoms with Gasteiger partial charge in [0.15, 0.2) is 6.61 Å². The Hall–Kier alpha value is -2.27. The van der Waals surface area contributed by atoms with E-state index in [1.807, 2.05) is 18.2 Å². The summed E-state index contributed by atoms with van der Waals surface area (Å²) >= 11 is 3.46. The molecule has 0 spiro atoms. The van der Waals surface area contributed by atoms with Crippen LogP contribution in [0.3, 0.4) is 0 Å². The van der Waals surface area contributed by atoms with Crippen LogP contribution in [0.25, 0.3) is 0 Å². The molecule has 2 aromatic rings. The second-order valence-corrected chi connectivity index (χ2v) is 6.71. The van der Waals surface area contributed by atoms with Gasteiger partial charge >= 0.3 is 0 Å². The maximum atomic E-state index is 12.1. The second-order valence-electron chi connectivity index (χ2n) is 5.80. The minimum Gasteiger partial charge on any atom is -0.490 e. The lowest BCUT2D eigenvalue weighted by Gasteiger charge is -2.14. The summed E-state index contributed by atoms with van der Waals surface area (Å²) < 4.78 is 12.1. The monoisotopic (exact) mass is 403 g/mol. The maximum Gasteiger partial charge on any atom is 0.262 e. The van der Waals surface area contributed by atoms with Crippen LogP contribution in [0.1, 0.15) is 25.3 Å². The van der Waals surface area contributed by atoms with E-state index in [2.05, 4.69) is 41.7 Å². The third-order valence-electron chi connectivity index (χ3n) is 3.46. The summed E-state index contributed by atoms with van der Waals surface area (Å²) in [7, 11) is 0. The van der Waals surface area contributed by atoms with Crippen molar-refractivity contribution in [3.63, 3.8) is 0 Å². The van der Waals surface area contributed by atoms with E-state index in [1.54, 1.807) is 30.3 Å². The highest BCUT2D eigenvalue weighted by Crippen LogP contribution is 2.29. The molecule has 1 N–H and O–H groups in total. The molecule has 0 bridgehead atoms. The number of anilines is 1. The molecule has 0 radical (unpaired) electrons. The van der Waals surface area contributed by atoms with Crippen molar-refractivity contribution in [1.82, 2.24) is 0 Å². The number of nitrogens with one attached hydrogen (secondary N) is 1. The van der Waals surface area contributed by atoms with Crippen molar-refractivity contribution in [2.24, 2.45) is 0 Å². The molecule has 0 unspecified atom stereocenters. The Kier molecular flexibility index (Phi) is 7.07. The number of halogens is 1. The minimum atomic E-state index is -0.211. The fraction of sp³-hybridized carbons (Fsp3) is 0.250. The number of ether oxygens (including phenoxy) is 2. The summed E-state index contributed by atoms with van der Waals surface area (Å²) in [6, 6.07) is 13.0. The highest BCUT2D eigenvalue weighted by atomic mass is 79.9. The number of amides is 1. The molecular formula is C20H22BrNO3. The van der Waals surface area contributed by atoms with Gasteiger partial charge in [0.1, 0.15) is 18.1 Å². The van der Waals surface area contributed by atoms with Crippen LogP contribution in [0.2, 0.25) is 0 Å². The van der Waals surface area contributed by atoms with Crippen LogP contribution in [0, 0.1) is 0 Å². The molecule has 5 heteroatoms. The molecule has 25 heavy (non-hydrogen) atoms. The number of benzene rings is 2.